The third-order valence-electron chi connectivity index (χ3n) is 1.00. The van der Waals surface area contributed by atoms with Gasteiger partial charge in [0.25, 0.3) is 0 Å². The molecule has 0 rings (SSSR count). The zero-order valence-corrected chi connectivity index (χ0v) is 6.23. The van der Waals surface area contributed by atoms with Crippen LogP contribution in [0.4, 0.5) is 0 Å². The Morgan fingerprint density at radius 2 is 2.10 bits per heavy atom. The van der Waals surface area contributed by atoms with Gasteiger partial charge in [-0.15, -0.1) is 12.3 Å². The maximum atomic E-state index is 8.12. The maximum Gasteiger partial charge on any atom is 0.152 e. The summed E-state index contributed by atoms with van der Waals surface area (Å²) in [4.78, 5) is 0. The lowest BCUT2D eigenvalue weighted by Gasteiger charge is -2.11. The van der Waals surface area contributed by atoms with Crippen LogP contribution in [0.25, 0.3) is 0 Å². The molecule has 0 aliphatic carbocycles. The SMILES string of the molecule is C#CCC(C)(C)C#CC#N. The number of nitriles is 1. The fourth-order valence-electron chi connectivity index (χ4n) is 0.496. The Morgan fingerprint density at radius 1 is 1.50 bits per heavy atom. The number of hydrogen-bond acceptors (Lipinski definition) is 1. The van der Waals surface area contributed by atoms with Crippen molar-refractivity contribution in [1.29, 1.82) is 5.26 Å². The molecule has 0 radical (unpaired) electrons. The van der Waals surface area contributed by atoms with E-state index in [1.807, 2.05) is 13.8 Å². The molecule has 0 amide bonds. The van der Waals surface area contributed by atoms with Gasteiger partial charge in [0, 0.05) is 17.8 Å². The average Bonchev–Trinajstić information content (AvgIpc) is 1.84. The van der Waals surface area contributed by atoms with E-state index in [4.69, 9.17) is 11.7 Å². The van der Waals surface area contributed by atoms with E-state index in [1.165, 1.54) is 0 Å². The molecule has 0 aliphatic rings. The van der Waals surface area contributed by atoms with Crippen LogP contribution in [0, 0.1) is 40.9 Å². The highest BCUT2D eigenvalue weighted by Crippen LogP contribution is 2.16. The van der Waals surface area contributed by atoms with Crippen LogP contribution in [0.3, 0.4) is 0 Å². The van der Waals surface area contributed by atoms with E-state index in [1.54, 1.807) is 6.07 Å². The lowest BCUT2D eigenvalue weighted by Crippen LogP contribution is -2.05. The van der Waals surface area contributed by atoms with Gasteiger partial charge in [-0.2, -0.15) is 5.26 Å². The average molecular weight is 131 g/mol. The van der Waals surface area contributed by atoms with Gasteiger partial charge in [0.05, 0.1) is 0 Å². The predicted octanol–water partition coefficient (Wildman–Crippen LogP) is 1.56. The van der Waals surface area contributed by atoms with Crippen LogP contribution in [-0.4, -0.2) is 0 Å². The maximum absolute atomic E-state index is 8.12. The number of terminal acetylenes is 1. The van der Waals surface area contributed by atoms with Crippen LogP contribution in [0.15, 0.2) is 0 Å². The van der Waals surface area contributed by atoms with E-state index >= 15 is 0 Å². The van der Waals surface area contributed by atoms with Crippen LogP contribution in [0.1, 0.15) is 20.3 Å². The van der Waals surface area contributed by atoms with Gasteiger partial charge in [0.1, 0.15) is 0 Å². The second-order valence-electron chi connectivity index (χ2n) is 2.63. The van der Waals surface area contributed by atoms with Crippen molar-refractivity contribution in [2.75, 3.05) is 0 Å². The Morgan fingerprint density at radius 3 is 2.50 bits per heavy atom. The molecule has 10 heavy (non-hydrogen) atoms. The topological polar surface area (TPSA) is 23.8 Å². The van der Waals surface area contributed by atoms with Gasteiger partial charge < -0.3 is 0 Å². The Bertz CT molecular complexity index is 237. The van der Waals surface area contributed by atoms with E-state index in [2.05, 4.69) is 17.8 Å². The molecule has 50 valence electrons. The molecule has 0 atom stereocenters. The highest BCUT2D eigenvalue weighted by Gasteiger charge is 2.11. The first kappa shape index (κ1) is 8.61. The van der Waals surface area contributed by atoms with E-state index in [0.29, 0.717) is 6.42 Å². The highest BCUT2D eigenvalue weighted by molar-refractivity contribution is 5.22. The van der Waals surface area contributed by atoms with E-state index in [0.717, 1.165) is 0 Å². The minimum Gasteiger partial charge on any atom is -0.183 e. The smallest absolute Gasteiger partial charge is 0.152 e. The molecule has 0 N–H and O–H groups in total. The summed E-state index contributed by atoms with van der Waals surface area (Å²) in [7, 11) is 0. The van der Waals surface area contributed by atoms with Crippen molar-refractivity contribution in [2.45, 2.75) is 20.3 Å². The van der Waals surface area contributed by atoms with E-state index < -0.39 is 0 Å². The number of rotatable bonds is 1. The summed E-state index contributed by atoms with van der Waals surface area (Å²) < 4.78 is 0. The molecule has 0 bridgehead atoms. The molecule has 0 aromatic rings. The molecule has 0 aliphatic heterocycles. The van der Waals surface area contributed by atoms with Crippen molar-refractivity contribution in [1.82, 2.24) is 0 Å². The molecule has 0 saturated carbocycles. The largest absolute Gasteiger partial charge is 0.183 e. The van der Waals surface area contributed by atoms with Gasteiger partial charge in [-0.05, 0) is 13.8 Å². The zero-order valence-electron chi connectivity index (χ0n) is 6.23. The summed E-state index contributed by atoms with van der Waals surface area (Å²) in [5.41, 5.74) is -0.218. The minimum absolute atomic E-state index is 0.218. The Balaban J connectivity index is 4.18. The molecule has 0 spiro atoms. The standard InChI is InChI=1S/C9H9N/c1-4-6-9(2,3)7-5-8-10/h1H,6H2,2-3H3. The molecule has 0 heterocycles. The number of nitrogens with zero attached hydrogens (tertiary/aromatic N) is 1. The summed E-state index contributed by atoms with van der Waals surface area (Å²) in [6.45, 7) is 3.83. The van der Waals surface area contributed by atoms with Crippen molar-refractivity contribution >= 4 is 0 Å². The summed E-state index contributed by atoms with van der Waals surface area (Å²) in [5, 5.41) is 8.12. The quantitative estimate of drug-likeness (QED) is 0.495. The Labute approximate surface area is 62.0 Å². The van der Waals surface area contributed by atoms with Crippen molar-refractivity contribution in [2.24, 2.45) is 5.41 Å². The molecule has 0 aromatic heterocycles. The third kappa shape index (κ3) is 3.59. The molecule has 0 unspecified atom stereocenters. The van der Waals surface area contributed by atoms with Gasteiger partial charge in [0.2, 0.25) is 0 Å². The second kappa shape index (κ2) is 3.60. The fourth-order valence-corrected chi connectivity index (χ4v) is 0.496. The van der Waals surface area contributed by atoms with E-state index in [9.17, 15) is 0 Å². The highest BCUT2D eigenvalue weighted by atomic mass is 14.2. The lowest BCUT2D eigenvalue weighted by atomic mass is 9.91. The Kier molecular flexibility index (Phi) is 3.10. The fraction of sp³-hybridized carbons (Fsp3) is 0.444. The molecule has 0 saturated heterocycles. The second-order valence-corrected chi connectivity index (χ2v) is 2.63. The van der Waals surface area contributed by atoms with Gasteiger partial charge in [-0.25, -0.2) is 0 Å². The number of hydrogen-bond donors (Lipinski definition) is 0. The lowest BCUT2D eigenvalue weighted by molar-refractivity contribution is 0.522. The molecular weight excluding hydrogens is 122 g/mol. The molecule has 1 heteroatoms. The van der Waals surface area contributed by atoms with Crippen LogP contribution in [-0.2, 0) is 0 Å². The minimum atomic E-state index is -0.218. The van der Waals surface area contributed by atoms with Crippen molar-refractivity contribution in [3.63, 3.8) is 0 Å². The van der Waals surface area contributed by atoms with Crippen LogP contribution >= 0.6 is 0 Å². The molecule has 0 fully saturated rings. The van der Waals surface area contributed by atoms with Crippen molar-refractivity contribution < 1.29 is 0 Å². The van der Waals surface area contributed by atoms with Crippen molar-refractivity contribution in [3.8, 4) is 30.3 Å². The third-order valence-corrected chi connectivity index (χ3v) is 1.00. The van der Waals surface area contributed by atoms with Gasteiger partial charge in [-0.3, -0.25) is 0 Å². The monoisotopic (exact) mass is 131 g/mol. The van der Waals surface area contributed by atoms with Crippen molar-refractivity contribution in [3.05, 3.63) is 0 Å². The van der Waals surface area contributed by atoms with E-state index in [-0.39, 0.29) is 5.41 Å². The first-order chi connectivity index (χ1) is 4.62. The van der Waals surface area contributed by atoms with Crippen LogP contribution < -0.4 is 0 Å². The summed E-state index contributed by atoms with van der Waals surface area (Å²) in [6, 6.07) is 1.75. The zero-order chi connectivity index (χ0) is 8.04. The molecule has 1 nitrogen and oxygen atoms in total. The summed E-state index contributed by atoms with van der Waals surface area (Å²) in [5.74, 6) is 7.59. The van der Waals surface area contributed by atoms with Gasteiger partial charge >= 0.3 is 0 Å². The normalized spacial score (nSPS) is 8.40. The predicted molar refractivity (Wildman–Crippen MR) is 40.6 cm³/mol. The summed E-state index contributed by atoms with van der Waals surface area (Å²) in [6.07, 6.45) is 5.67. The first-order valence-corrected chi connectivity index (χ1v) is 2.97. The van der Waals surface area contributed by atoms with Crippen LogP contribution in [0.5, 0.6) is 0 Å². The molecule has 0 aromatic carbocycles. The van der Waals surface area contributed by atoms with Gasteiger partial charge in [0.15, 0.2) is 6.07 Å². The summed E-state index contributed by atoms with van der Waals surface area (Å²) >= 11 is 0. The Hall–Kier alpha value is -1.39. The van der Waals surface area contributed by atoms with Crippen LogP contribution in [0.2, 0.25) is 0 Å². The first-order valence-electron chi connectivity index (χ1n) is 2.97. The van der Waals surface area contributed by atoms with Gasteiger partial charge in [-0.1, -0.05) is 5.92 Å². The molecular formula is C9H9N.